The van der Waals surface area contributed by atoms with Crippen LogP contribution in [0.4, 0.5) is 5.82 Å². The SMILES string of the molecule is COc1ccc(OC)c(-c2cccc(NS(=O)(=O)c3ccccc3)n2)c1. The van der Waals surface area contributed by atoms with Crippen molar-refractivity contribution in [3.63, 3.8) is 0 Å². The summed E-state index contributed by atoms with van der Waals surface area (Å²) in [5, 5.41) is 0. The van der Waals surface area contributed by atoms with Crippen LogP contribution in [0.1, 0.15) is 0 Å². The van der Waals surface area contributed by atoms with Crippen LogP contribution in [0.5, 0.6) is 11.5 Å². The Bertz CT molecular complexity index is 1010. The van der Waals surface area contributed by atoms with Crippen LogP contribution in [-0.4, -0.2) is 27.6 Å². The van der Waals surface area contributed by atoms with Gasteiger partial charge in [0.15, 0.2) is 0 Å². The van der Waals surface area contributed by atoms with E-state index in [1.54, 1.807) is 68.8 Å². The largest absolute Gasteiger partial charge is 0.497 e. The maximum Gasteiger partial charge on any atom is 0.263 e. The minimum Gasteiger partial charge on any atom is -0.497 e. The van der Waals surface area contributed by atoms with Gasteiger partial charge in [-0.15, -0.1) is 0 Å². The third-order valence-corrected chi connectivity index (χ3v) is 5.09. The van der Waals surface area contributed by atoms with Gasteiger partial charge in [0.05, 0.1) is 24.8 Å². The maximum atomic E-state index is 12.5. The first-order chi connectivity index (χ1) is 12.5. The Labute approximate surface area is 152 Å². The van der Waals surface area contributed by atoms with Crippen molar-refractivity contribution in [2.75, 3.05) is 18.9 Å². The molecule has 0 saturated carbocycles. The number of hydrogen-bond acceptors (Lipinski definition) is 5. The summed E-state index contributed by atoms with van der Waals surface area (Å²) in [6, 6.07) is 18.6. The molecule has 0 aliphatic rings. The van der Waals surface area contributed by atoms with Crippen molar-refractivity contribution in [2.45, 2.75) is 4.90 Å². The summed E-state index contributed by atoms with van der Waals surface area (Å²) in [5.41, 5.74) is 1.27. The highest BCUT2D eigenvalue weighted by Crippen LogP contribution is 2.33. The predicted molar refractivity (Wildman–Crippen MR) is 100 cm³/mol. The molecule has 26 heavy (non-hydrogen) atoms. The van der Waals surface area contributed by atoms with Crippen LogP contribution in [0.25, 0.3) is 11.3 Å². The number of hydrogen-bond donors (Lipinski definition) is 1. The lowest BCUT2D eigenvalue weighted by Gasteiger charge is -2.12. The number of nitrogens with zero attached hydrogens (tertiary/aromatic N) is 1. The van der Waals surface area contributed by atoms with Gasteiger partial charge in [-0.05, 0) is 42.5 Å². The molecule has 0 bridgehead atoms. The van der Waals surface area contributed by atoms with E-state index in [9.17, 15) is 8.42 Å². The quantitative estimate of drug-likeness (QED) is 0.718. The molecular weight excluding hydrogens is 352 g/mol. The van der Waals surface area contributed by atoms with Crippen LogP contribution >= 0.6 is 0 Å². The van der Waals surface area contributed by atoms with E-state index in [4.69, 9.17) is 9.47 Å². The molecule has 3 aromatic rings. The number of aromatic nitrogens is 1. The second kappa shape index (κ2) is 7.45. The molecule has 0 aliphatic heterocycles. The van der Waals surface area contributed by atoms with Crippen molar-refractivity contribution in [1.82, 2.24) is 4.98 Å². The second-order valence-electron chi connectivity index (χ2n) is 5.39. The van der Waals surface area contributed by atoms with Gasteiger partial charge in [0.1, 0.15) is 17.3 Å². The summed E-state index contributed by atoms with van der Waals surface area (Å²) in [6.45, 7) is 0. The molecule has 1 N–H and O–H groups in total. The Morgan fingerprint density at radius 2 is 1.65 bits per heavy atom. The van der Waals surface area contributed by atoms with Crippen LogP contribution in [0, 0.1) is 0 Å². The van der Waals surface area contributed by atoms with Crippen molar-refractivity contribution < 1.29 is 17.9 Å². The number of sulfonamides is 1. The zero-order valence-electron chi connectivity index (χ0n) is 14.3. The minimum absolute atomic E-state index is 0.172. The molecule has 6 nitrogen and oxygen atoms in total. The second-order valence-corrected chi connectivity index (χ2v) is 7.08. The standard InChI is InChI=1S/C19H18N2O4S/c1-24-14-11-12-18(25-2)16(13-14)17-9-6-10-19(20-17)21-26(22,23)15-7-4-3-5-8-15/h3-13H,1-2H3,(H,20,21). The molecule has 0 fully saturated rings. The van der Waals surface area contributed by atoms with E-state index in [-0.39, 0.29) is 10.7 Å². The van der Waals surface area contributed by atoms with Crippen LogP contribution in [0.2, 0.25) is 0 Å². The molecule has 0 saturated heterocycles. The molecule has 0 amide bonds. The lowest BCUT2D eigenvalue weighted by Crippen LogP contribution is -2.13. The van der Waals surface area contributed by atoms with E-state index in [1.807, 2.05) is 0 Å². The first-order valence-electron chi connectivity index (χ1n) is 7.81. The van der Waals surface area contributed by atoms with Crippen molar-refractivity contribution in [3.05, 3.63) is 66.7 Å². The average Bonchev–Trinajstić information content (AvgIpc) is 2.68. The monoisotopic (exact) mass is 370 g/mol. The molecule has 3 rings (SSSR count). The molecule has 0 unspecified atom stereocenters. The Hall–Kier alpha value is -3.06. The van der Waals surface area contributed by atoms with Gasteiger partial charge in [0.25, 0.3) is 10.0 Å². The van der Waals surface area contributed by atoms with Crippen molar-refractivity contribution >= 4 is 15.8 Å². The van der Waals surface area contributed by atoms with Crippen molar-refractivity contribution in [3.8, 4) is 22.8 Å². The smallest absolute Gasteiger partial charge is 0.263 e. The molecule has 134 valence electrons. The lowest BCUT2D eigenvalue weighted by atomic mass is 10.1. The number of ether oxygens (including phenoxy) is 2. The van der Waals surface area contributed by atoms with Gasteiger partial charge < -0.3 is 9.47 Å². The summed E-state index contributed by atoms with van der Waals surface area (Å²) in [5.74, 6) is 1.48. The molecule has 0 atom stereocenters. The molecule has 0 aliphatic carbocycles. The van der Waals surface area contributed by atoms with Gasteiger partial charge in [-0.3, -0.25) is 4.72 Å². The van der Waals surface area contributed by atoms with E-state index in [0.29, 0.717) is 22.8 Å². The Kier molecular flexibility index (Phi) is 5.09. The first kappa shape index (κ1) is 17.8. The molecule has 0 radical (unpaired) electrons. The van der Waals surface area contributed by atoms with Crippen LogP contribution in [0.3, 0.4) is 0 Å². The van der Waals surface area contributed by atoms with Gasteiger partial charge >= 0.3 is 0 Å². The average molecular weight is 370 g/mol. The molecular formula is C19H18N2O4S. The fourth-order valence-electron chi connectivity index (χ4n) is 2.45. The third kappa shape index (κ3) is 3.78. The number of pyridine rings is 1. The van der Waals surface area contributed by atoms with Gasteiger partial charge in [-0.25, -0.2) is 13.4 Å². The molecule has 0 spiro atoms. The van der Waals surface area contributed by atoms with E-state index in [0.717, 1.165) is 0 Å². The Morgan fingerprint density at radius 3 is 2.35 bits per heavy atom. The van der Waals surface area contributed by atoms with Crippen LogP contribution in [0.15, 0.2) is 71.6 Å². The van der Waals surface area contributed by atoms with Gasteiger partial charge in [-0.1, -0.05) is 24.3 Å². The third-order valence-electron chi connectivity index (χ3n) is 3.72. The Morgan fingerprint density at radius 1 is 0.885 bits per heavy atom. The highest BCUT2D eigenvalue weighted by Gasteiger charge is 2.15. The summed E-state index contributed by atoms with van der Waals surface area (Å²) in [6.07, 6.45) is 0. The zero-order valence-corrected chi connectivity index (χ0v) is 15.2. The lowest BCUT2D eigenvalue weighted by molar-refractivity contribution is 0.404. The van der Waals surface area contributed by atoms with Gasteiger partial charge in [-0.2, -0.15) is 0 Å². The summed E-state index contributed by atoms with van der Waals surface area (Å²) >= 11 is 0. The van der Waals surface area contributed by atoms with Gasteiger partial charge in [0, 0.05) is 5.56 Å². The highest BCUT2D eigenvalue weighted by atomic mass is 32.2. The zero-order chi connectivity index (χ0) is 18.6. The van der Waals surface area contributed by atoms with E-state index in [1.165, 1.54) is 12.1 Å². The van der Waals surface area contributed by atoms with Crippen LogP contribution < -0.4 is 14.2 Å². The van der Waals surface area contributed by atoms with E-state index < -0.39 is 10.0 Å². The summed E-state index contributed by atoms with van der Waals surface area (Å²) in [7, 11) is -0.574. The highest BCUT2D eigenvalue weighted by molar-refractivity contribution is 7.92. The molecule has 1 aromatic heterocycles. The topological polar surface area (TPSA) is 77.5 Å². The maximum absolute atomic E-state index is 12.5. The van der Waals surface area contributed by atoms with E-state index >= 15 is 0 Å². The Balaban J connectivity index is 1.97. The fourth-order valence-corrected chi connectivity index (χ4v) is 3.47. The molecule has 2 aromatic carbocycles. The van der Waals surface area contributed by atoms with Crippen molar-refractivity contribution in [1.29, 1.82) is 0 Å². The summed E-state index contributed by atoms with van der Waals surface area (Å²) in [4.78, 5) is 4.58. The first-order valence-corrected chi connectivity index (χ1v) is 9.29. The minimum atomic E-state index is -3.71. The van der Waals surface area contributed by atoms with E-state index in [2.05, 4.69) is 9.71 Å². The number of benzene rings is 2. The van der Waals surface area contributed by atoms with Crippen LogP contribution in [-0.2, 0) is 10.0 Å². The summed E-state index contributed by atoms with van der Waals surface area (Å²) < 4.78 is 38.1. The number of nitrogens with one attached hydrogen (secondary N) is 1. The fraction of sp³-hybridized carbons (Fsp3) is 0.105. The molecule has 1 heterocycles. The number of methoxy groups -OCH3 is 2. The normalized spacial score (nSPS) is 11.0. The number of anilines is 1. The predicted octanol–water partition coefficient (Wildman–Crippen LogP) is 3.57. The number of rotatable bonds is 6. The van der Waals surface area contributed by atoms with Crippen molar-refractivity contribution in [2.24, 2.45) is 0 Å². The molecule has 7 heteroatoms. The van der Waals surface area contributed by atoms with Gasteiger partial charge in [0.2, 0.25) is 0 Å².